The SMILES string of the molecule is N=C(N)c1cccc(N2COCC2OC(=O)Nc2ccc(-c3ccccc3S(N)(=O)=O)cc2)c1. The third-order valence-electron chi connectivity index (χ3n) is 5.21. The van der Waals surface area contributed by atoms with Gasteiger partial charge in [-0.15, -0.1) is 0 Å². The number of nitrogens with two attached hydrogens (primary N) is 2. The number of carbonyl (C=O) groups excluding carboxylic acids is 1. The summed E-state index contributed by atoms with van der Waals surface area (Å²) in [6, 6.07) is 20.1. The molecule has 11 heteroatoms. The van der Waals surface area contributed by atoms with Gasteiger partial charge in [-0.2, -0.15) is 0 Å². The molecule has 1 unspecified atom stereocenters. The summed E-state index contributed by atoms with van der Waals surface area (Å²) in [4.78, 5) is 14.3. The zero-order chi connectivity index (χ0) is 24.3. The van der Waals surface area contributed by atoms with Gasteiger partial charge in [-0.1, -0.05) is 42.5 Å². The van der Waals surface area contributed by atoms with Crippen LogP contribution in [0.2, 0.25) is 0 Å². The topological polar surface area (TPSA) is 161 Å². The van der Waals surface area contributed by atoms with Gasteiger partial charge >= 0.3 is 6.09 Å². The molecular formula is C23H23N5O5S. The zero-order valence-electron chi connectivity index (χ0n) is 18.0. The number of benzene rings is 3. The van der Waals surface area contributed by atoms with Gasteiger partial charge in [-0.3, -0.25) is 10.7 Å². The van der Waals surface area contributed by atoms with Crippen molar-refractivity contribution < 1.29 is 22.7 Å². The normalized spacial score (nSPS) is 15.7. The van der Waals surface area contributed by atoms with Gasteiger partial charge in [0.05, 0.1) is 4.90 Å². The molecule has 1 saturated heterocycles. The molecule has 0 saturated carbocycles. The molecule has 1 atom stereocenters. The maximum atomic E-state index is 12.5. The van der Waals surface area contributed by atoms with E-state index in [0.29, 0.717) is 28.1 Å². The van der Waals surface area contributed by atoms with Crippen LogP contribution in [0, 0.1) is 5.41 Å². The molecule has 4 rings (SSSR count). The number of nitrogens with zero attached hydrogens (tertiary/aromatic N) is 1. The molecule has 1 fully saturated rings. The lowest BCUT2D eigenvalue weighted by atomic mass is 10.1. The first-order valence-corrected chi connectivity index (χ1v) is 11.8. The molecule has 0 bridgehead atoms. The quantitative estimate of drug-likeness (QED) is 0.311. The second-order valence-corrected chi connectivity index (χ2v) is 9.07. The molecule has 3 aromatic rings. The molecule has 6 N–H and O–H groups in total. The lowest BCUT2D eigenvalue weighted by molar-refractivity contribution is 0.0935. The Kier molecular flexibility index (Phi) is 6.50. The number of amides is 1. The monoisotopic (exact) mass is 481 g/mol. The lowest BCUT2D eigenvalue weighted by Gasteiger charge is -2.24. The Balaban J connectivity index is 1.44. The zero-order valence-corrected chi connectivity index (χ0v) is 18.8. The van der Waals surface area contributed by atoms with Crippen LogP contribution in [0.1, 0.15) is 5.56 Å². The standard InChI is InChI=1S/C23H23N5O5S/c24-22(25)16-4-3-5-18(12-16)28-14-32-13-21(28)33-23(29)27-17-10-8-15(9-11-17)19-6-1-2-7-20(19)34(26,30)31/h1-12,21H,13-14H2,(H3,24,25)(H,27,29)(H2,26,30,31). The lowest BCUT2D eigenvalue weighted by Crippen LogP contribution is -2.36. The van der Waals surface area contributed by atoms with E-state index in [4.69, 9.17) is 25.8 Å². The molecule has 34 heavy (non-hydrogen) atoms. The number of hydrogen-bond donors (Lipinski definition) is 4. The Labute approximate surface area is 196 Å². The number of rotatable bonds is 6. The number of carbonyl (C=O) groups is 1. The van der Waals surface area contributed by atoms with Crippen LogP contribution >= 0.6 is 0 Å². The van der Waals surface area contributed by atoms with Gasteiger partial charge in [0.15, 0.2) is 0 Å². The van der Waals surface area contributed by atoms with Crippen LogP contribution in [-0.4, -0.2) is 39.9 Å². The first kappa shape index (κ1) is 23.2. The van der Waals surface area contributed by atoms with Crippen LogP contribution in [0.25, 0.3) is 11.1 Å². The van der Waals surface area contributed by atoms with Crippen molar-refractivity contribution >= 4 is 33.3 Å². The molecule has 176 valence electrons. The highest BCUT2D eigenvalue weighted by molar-refractivity contribution is 7.89. The van der Waals surface area contributed by atoms with Crippen LogP contribution < -0.4 is 21.1 Å². The summed E-state index contributed by atoms with van der Waals surface area (Å²) in [5.74, 6) is -0.0627. The average molecular weight is 482 g/mol. The fourth-order valence-corrected chi connectivity index (χ4v) is 4.33. The fraction of sp³-hybridized carbons (Fsp3) is 0.130. The molecule has 0 aromatic heterocycles. The van der Waals surface area contributed by atoms with E-state index >= 15 is 0 Å². The molecular weight excluding hydrogens is 458 g/mol. The summed E-state index contributed by atoms with van der Waals surface area (Å²) in [6.07, 6.45) is -1.34. The first-order valence-electron chi connectivity index (χ1n) is 10.2. The molecule has 1 aliphatic rings. The van der Waals surface area contributed by atoms with Gasteiger partial charge in [0.2, 0.25) is 16.3 Å². The largest absolute Gasteiger partial charge is 0.423 e. The van der Waals surface area contributed by atoms with Gasteiger partial charge in [0.1, 0.15) is 19.2 Å². The van der Waals surface area contributed by atoms with Gasteiger partial charge in [-0.05, 0) is 35.9 Å². The molecule has 1 aliphatic heterocycles. The smallest absolute Gasteiger partial charge is 0.413 e. The Morgan fingerprint density at radius 1 is 1.09 bits per heavy atom. The minimum absolute atomic E-state index is 0.0188. The number of nitrogen functional groups attached to an aromatic ring is 1. The van der Waals surface area contributed by atoms with Crippen molar-refractivity contribution in [2.24, 2.45) is 10.9 Å². The number of primary sulfonamides is 1. The minimum Gasteiger partial charge on any atom is -0.423 e. The Morgan fingerprint density at radius 3 is 2.53 bits per heavy atom. The van der Waals surface area contributed by atoms with Crippen LogP contribution in [0.15, 0.2) is 77.7 Å². The highest BCUT2D eigenvalue weighted by Crippen LogP contribution is 2.28. The number of hydrogen-bond acceptors (Lipinski definition) is 7. The van der Waals surface area contributed by atoms with E-state index in [1.54, 1.807) is 65.6 Å². The minimum atomic E-state index is -3.88. The Bertz CT molecular complexity index is 1330. The van der Waals surface area contributed by atoms with E-state index in [-0.39, 0.29) is 24.1 Å². The fourth-order valence-electron chi connectivity index (χ4n) is 3.57. The van der Waals surface area contributed by atoms with Crippen LogP contribution in [0.3, 0.4) is 0 Å². The number of anilines is 2. The molecule has 10 nitrogen and oxygen atoms in total. The van der Waals surface area contributed by atoms with Crippen LogP contribution in [0.4, 0.5) is 16.2 Å². The van der Waals surface area contributed by atoms with Crippen molar-refractivity contribution in [2.45, 2.75) is 11.1 Å². The maximum absolute atomic E-state index is 12.5. The summed E-state index contributed by atoms with van der Waals surface area (Å²) in [6.45, 7) is 0.401. The van der Waals surface area contributed by atoms with Crippen molar-refractivity contribution in [3.8, 4) is 11.1 Å². The third kappa shape index (κ3) is 5.17. The van der Waals surface area contributed by atoms with E-state index in [0.717, 1.165) is 0 Å². The van der Waals surface area contributed by atoms with E-state index < -0.39 is 22.3 Å². The predicted octanol–water partition coefficient (Wildman–Crippen LogP) is 2.65. The first-order chi connectivity index (χ1) is 16.2. The number of amidine groups is 1. The molecule has 0 aliphatic carbocycles. The summed E-state index contributed by atoms with van der Waals surface area (Å²) < 4.78 is 34.7. The second-order valence-electron chi connectivity index (χ2n) is 7.54. The average Bonchev–Trinajstić information content (AvgIpc) is 3.27. The van der Waals surface area contributed by atoms with Crippen molar-refractivity contribution in [1.82, 2.24) is 0 Å². The third-order valence-corrected chi connectivity index (χ3v) is 6.18. The van der Waals surface area contributed by atoms with E-state index in [1.165, 1.54) is 6.07 Å². The van der Waals surface area contributed by atoms with Crippen molar-refractivity contribution in [2.75, 3.05) is 23.6 Å². The van der Waals surface area contributed by atoms with Gasteiger partial charge in [0, 0.05) is 22.5 Å². The van der Waals surface area contributed by atoms with Crippen molar-refractivity contribution in [3.63, 3.8) is 0 Å². The highest BCUT2D eigenvalue weighted by atomic mass is 32.2. The Hall–Kier alpha value is -3.93. The molecule has 3 aromatic carbocycles. The van der Waals surface area contributed by atoms with Crippen molar-refractivity contribution in [3.05, 3.63) is 78.4 Å². The molecule has 1 heterocycles. The van der Waals surface area contributed by atoms with Gasteiger partial charge in [0.25, 0.3) is 0 Å². The molecule has 0 spiro atoms. The summed E-state index contributed by atoms with van der Waals surface area (Å²) in [5.41, 5.74) is 8.38. The second kappa shape index (κ2) is 9.51. The highest BCUT2D eigenvalue weighted by Gasteiger charge is 2.29. The summed E-state index contributed by atoms with van der Waals surface area (Å²) >= 11 is 0. The van der Waals surface area contributed by atoms with Crippen LogP contribution in [0.5, 0.6) is 0 Å². The molecule has 0 radical (unpaired) electrons. The van der Waals surface area contributed by atoms with E-state index in [9.17, 15) is 13.2 Å². The summed E-state index contributed by atoms with van der Waals surface area (Å²) in [5, 5.41) is 15.6. The van der Waals surface area contributed by atoms with Gasteiger partial charge in [-0.25, -0.2) is 18.4 Å². The predicted molar refractivity (Wildman–Crippen MR) is 128 cm³/mol. The summed E-state index contributed by atoms with van der Waals surface area (Å²) in [7, 11) is -3.88. The molecule has 1 amide bonds. The number of sulfonamides is 1. The Morgan fingerprint density at radius 2 is 1.82 bits per heavy atom. The van der Waals surface area contributed by atoms with Crippen molar-refractivity contribution in [1.29, 1.82) is 5.41 Å². The van der Waals surface area contributed by atoms with E-state index in [2.05, 4.69) is 5.32 Å². The number of nitrogens with one attached hydrogen (secondary N) is 2. The number of ether oxygens (including phenoxy) is 2. The van der Waals surface area contributed by atoms with Crippen LogP contribution in [-0.2, 0) is 19.5 Å². The van der Waals surface area contributed by atoms with Gasteiger partial charge < -0.3 is 20.1 Å². The maximum Gasteiger partial charge on any atom is 0.413 e. The van der Waals surface area contributed by atoms with E-state index in [1.807, 2.05) is 6.07 Å².